The standard InChI is InChI=1S/C19H19BCl2F2N2O3/c1-18(2)19(3,4)29-20(28-18)11-8-15(24)16(9-14(11)23)26-17(27)25-10-5-6-12(21)13(22)7-10/h5-9H,1-4H3,(H2,25,26,27). The summed E-state index contributed by atoms with van der Waals surface area (Å²) in [5.41, 5.74) is -1.47. The molecule has 0 bridgehead atoms. The van der Waals surface area contributed by atoms with Crippen molar-refractivity contribution in [1.29, 1.82) is 0 Å². The normalized spacial score (nSPS) is 17.3. The summed E-state index contributed by atoms with van der Waals surface area (Å²) in [4.78, 5) is 12.1. The van der Waals surface area contributed by atoms with E-state index in [1.54, 1.807) is 0 Å². The largest absolute Gasteiger partial charge is 0.497 e. The third-order valence-corrected chi connectivity index (χ3v) is 5.76. The summed E-state index contributed by atoms with van der Waals surface area (Å²) in [5.74, 6) is -1.60. The summed E-state index contributed by atoms with van der Waals surface area (Å²) >= 11 is 11.7. The van der Waals surface area contributed by atoms with Crippen LogP contribution in [0.1, 0.15) is 27.7 Å². The van der Waals surface area contributed by atoms with Crippen LogP contribution in [0.3, 0.4) is 0 Å². The molecule has 2 N–H and O–H groups in total. The number of hydrogen-bond donors (Lipinski definition) is 2. The number of nitrogens with one attached hydrogen (secondary N) is 2. The van der Waals surface area contributed by atoms with Gasteiger partial charge in [0.15, 0.2) is 0 Å². The molecule has 10 heteroatoms. The van der Waals surface area contributed by atoms with E-state index in [1.807, 2.05) is 27.7 Å². The number of carbonyl (C=O) groups is 1. The number of amides is 2. The number of urea groups is 1. The zero-order valence-electron chi connectivity index (χ0n) is 16.2. The first kappa shape index (κ1) is 21.8. The molecule has 1 fully saturated rings. The van der Waals surface area contributed by atoms with Crippen LogP contribution >= 0.6 is 23.2 Å². The van der Waals surface area contributed by atoms with E-state index < -0.39 is 36.0 Å². The lowest BCUT2D eigenvalue weighted by molar-refractivity contribution is 0.00578. The molecule has 1 saturated heterocycles. The quantitative estimate of drug-likeness (QED) is 0.641. The third-order valence-electron chi connectivity index (χ3n) is 5.02. The van der Waals surface area contributed by atoms with Crippen molar-refractivity contribution in [2.24, 2.45) is 0 Å². The summed E-state index contributed by atoms with van der Waals surface area (Å²) < 4.78 is 40.7. The van der Waals surface area contributed by atoms with Crippen LogP contribution in [-0.4, -0.2) is 24.4 Å². The maximum atomic E-state index is 14.6. The highest BCUT2D eigenvalue weighted by atomic mass is 35.5. The minimum absolute atomic E-state index is 0.0865. The molecule has 0 saturated carbocycles. The van der Waals surface area contributed by atoms with Gasteiger partial charge >= 0.3 is 13.1 Å². The maximum absolute atomic E-state index is 14.6. The van der Waals surface area contributed by atoms with E-state index in [1.165, 1.54) is 18.2 Å². The Morgan fingerprint density at radius 1 is 0.931 bits per heavy atom. The molecule has 0 radical (unpaired) electrons. The Labute approximate surface area is 177 Å². The highest BCUT2D eigenvalue weighted by Crippen LogP contribution is 2.37. The number of rotatable bonds is 3. The second kappa shape index (κ2) is 7.76. The summed E-state index contributed by atoms with van der Waals surface area (Å²) in [6.45, 7) is 7.24. The lowest BCUT2D eigenvalue weighted by Gasteiger charge is -2.32. The Morgan fingerprint density at radius 3 is 2.14 bits per heavy atom. The lowest BCUT2D eigenvalue weighted by Crippen LogP contribution is -2.41. The van der Waals surface area contributed by atoms with Crippen molar-refractivity contribution < 1.29 is 22.9 Å². The van der Waals surface area contributed by atoms with E-state index in [2.05, 4.69) is 10.6 Å². The SMILES string of the molecule is CC1(C)OB(c2cc(F)c(NC(=O)Nc3ccc(Cl)c(Cl)c3)cc2F)OC1(C)C. The lowest BCUT2D eigenvalue weighted by atomic mass is 9.78. The van der Waals surface area contributed by atoms with Gasteiger partial charge in [-0.25, -0.2) is 13.6 Å². The van der Waals surface area contributed by atoms with Crippen LogP contribution in [-0.2, 0) is 9.31 Å². The van der Waals surface area contributed by atoms with Gasteiger partial charge in [-0.3, -0.25) is 0 Å². The van der Waals surface area contributed by atoms with E-state index in [9.17, 15) is 13.6 Å². The summed E-state index contributed by atoms with van der Waals surface area (Å²) in [6, 6.07) is 5.51. The molecule has 0 aromatic heterocycles. The zero-order chi connectivity index (χ0) is 21.6. The maximum Gasteiger partial charge on any atom is 0.497 e. The molecule has 1 aliphatic heterocycles. The number of hydrogen-bond acceptors (Lipinski definition) is 3. The Hall–Kier alpha value is -1.87. The molecule has 0 aliphatic carbocycles. The van der Waals surface area contributed by atoms with Gasteiger partial charge in [0.25, 0.3) is 0 Å². The van der Waals surface area contributed by atoms with Crippen molar-refractivity contribution in [3.8, 4) is 0 Å². The van der Waals surface area contributed by atoms with Crippen molar-refractivity contribution in [3.05, 3.63) is 52.0 Å². The topological polar surface area (TPSA) is 59.6 Å². The fourth-order valence-corrected chi connectivity index (χ4v) is 2.97. The van der Waals surface area contributed by atoms with E-state index in [0.29, 0.717) is 10.7 Å². The van der Waals surface area contributed by atoms with Gasteiger partial charge in [0.05, 0.1) is 26.9 Å². The van der Waals surface area contributed by atoms with Gasteiger partial charge in [-0.2, -0.15) is 0 Å². The van der Waals surface area contributed by atoms with Crippen LogP contribution in [0.5, 0.6) is 0 Å². The second-order valence-corrected chi connectivity index (χ2v) is 8.46. The molecule has 1 aliphatic rings. The predicted octanol–water partition coefficient (Wildman–Crippen LogP) is 5.21. The minimum atomic E-state index is -1.06. The molecule has 154 valence electrons. The van der Waals surface area contributed by atoms with Gasteiger partial charge in [0, 0.05) is 17.2 Å². The summed E-state index contributed by atoms with van der Waals surface area (Å²) in [6.07, 6.45) is 0. The Morgan fingerprint density at radius 2 is 1.55 bits per heavy atom. The van der Waals surface area contributed by atoms with Gasteiger partial charge in [-0.15, -0.1) is 0 Å². The predicted molar refractivity (Wildman–Crippen MR) is 111 cm³/mol. The van der Waals surface area contributed by atoms with Crippen LogP contribution in [0.2, 0.25) is 10.0 Å². The molecule has 2 amide bonds. The zero-order valence-corrected chi connectivity index (χ0v) is 17.7. The minimum Gasteiger partial charge on any atom is -0.399 e. The molecule has 29 heavy (non-hydrogen) atoms. The molecule has 2 aromatic rings. The van der Waals surface area contributed by atoms with Crippen LogP contribution < -0.4 is 16.1 Å². The molecule has 0 atom stereocenters. The fourth-order valence-electron chi connectivity index (χ4n) is 2.67. The van der Waals surface area contributed by atoms with Gasteiger partial charge in [0.2, 0.25) is 0 Å². The first-order chi connectivity index (χ1) is 13.4. The third kappa shape index (κ3) is 4.50. The molecule has 1 heterocycles. The van der Waals surface area contributed by atoms with Crippen molar-refractivity contribution >= 4 is 53.2 Å². The van der Waals surface area contributed by atoms with Crippen molar-refractivity contribution in [1.82, 2.24) is 0 Å². The summed E-state index contributed by atoms with van der Waals surface area (Å²) in [7, 11) is -1.06. The van der Waals surface area contributed by atoms with E-state index in [-0.39, 0.29) is 16.2 Å². The average Bonchev–Trinajstić information content (AvgIpc) is 2.81. The Bertz CT molecular complexity index is 957. The van der Waals surface area contributed by atoms with Crippen LogP contribution in [0.25, 0.3) is 0 Å². The van der Waals surface area contributed by atoms with Crippen LogP contribution in [0.4, 0.5) is 25.0 Å². The van der Waals surface area contributed by atoms with Gasteiger partial charge < -0.3 is 19.9 Å². The fraction of sp³-hybridized carbons (Fsp3) is 0.316. The smallest absolute Gasteiger partial charge is 0.399 e. The molecular weight excluding hydrogens is 424 g/mol. The second-order valence-electron chi connectivity index (χ2n) is 7.65. The van der Waals surface area contributed by atoms with Gasteiger partial charge in [-0.1, -0.05) is 23.2 Å². The molecular formula is C19H19BCl2F2N2O3. The van der Waals surface area contributed by atoms with E-state index >= 15 is 0 Å². The Kier molecular flexibility index (Phi) is 5.84. The number of carbonyl (C=O) groups excluding carboxylic acids is 1. The highest BCUT2D eigenvalue weighted by Gasteiger charge is 2.52. The Balaban J connectivity index is 1.76. The highest BCUT2D eigenvalue weighted by molar-refractivity contribution is 6.62. The summed E-state index contributed by atoms with van der Waals surface area (Å²) in [5, 5.41) is 5.29. The number of anilines is 2. The molecule has 0 spiro atoms. The van der Waals surface area contributed by atoms with Crippen molar-refractivity contribution in [3.63, 3.8) is 0 Å². The first-order valence-electron chi connectivity index (χ1n) is 8.77. The van der Waals surface area contributed by atoms with Gasteiger partial charge in [-0.05, 0) is 52.0 Å². The van der Waals surface area contributed by atoms with Crippen molar-refractivity contribution in [2.75, 3.05) is 10.6 Å². The van der Waals surface area contributed by atoms with Gasteiger partial charge in [0.1, 0.15) is 11.6 Å². The van der Waals surface area contributed by atoms with E-state index in [0.717, 1.165) is 12.1 Å². The molecule has 3 rings (SSSR count). The number of benzene rings is 2. The van der Waals surface area contributed by atoms with Crippen molar-refractivity contribution in [2.45, 2.75) is 38.9 Å². The first-order valence-corrected chi connectivity index (χ1v) is 9.53. The molecule has 5 nitrogen and oxygen atoms in total. The van der Waals surface area contributed by atoms with E-state index in [4.69, 9.17) is 32.5 Å². The average molecular weight is 443 g/mol. The molecule has 2 aromatic carbocycles. The number of halogens is 4. The monoisotopic (exact) mass is 442 g/mol. The van der Waals surface area contributed by atoms with Crippen LogP contribution in [0, 0.1) is 11.6 Å². The molecule has 0 unspecified atom stereocenters. The van der Waals surface area contributed by atoms with Crippen LogP contribution in [0.15, 0.2) is 30.3 Å².